The van der Waals surface area contributed by atoms with Crippen LogP contribution >= 0.6 is 0 Å². The summed E-state index contributed by atoms with van der Waals surface area (Å²) in [6.07, 6.45) is 76.1. The van der Waals surface area contributed by atoms with Gasteiger partial charge in [0.15, 0.2) is 6.10 Å². The second-order valence-electron chi connectivity index (χ2n) is 15.6. The quantitative estimate of drug-likeness (QED) is 0.0263. The van der Waals surface area contributed by atoms with Crippen LogP contribution in [0.5, 0.6) is 0 Å². The second-order valence-corrected chi connectivity index (χ2v) is 15.6. The van der Waals surface area contributed by atoms with E-state index in [9.17, 15) is 14.4 Å². The summed E-state index contributed by atoms with van der Waals surface area (Å²) in [5, 5.41) is 0. The number of hydrogen-bond donors (Lipinski definition) is 0. The third kappa shape index (κ3) is 49.6. The number of allylic oxidation sites excluding steroid dienone is 28. The van der Waals surface area contributed by atoms with Gasteiger partial charge in [-0.3, -0.25) is 14.4 Å². The lowest BCUT2D eigenvalue weighted by Gasteiger charge is -2.18. The third-order valence-corrected chi connectivity index (χ3v) is 9.55. The zero-order valence-electron chi connectivity index (χ0n) is 40.7. The van der Waals surface area contributed by atoms with Crippen molar-refractivity contribution in [3.63, 3.8) is 0 Å². The molecule has 1 unspecified atom stereocenters. The fourth-order valence-corrected chi connectivity index (χ4v) is 5.90. The molecule has 65 heavy (non-hydrogen) atoms. The Hall–Kier alpha value is -5.23. The average Bonchev–Trinajstić information content (AvgIpc) is 3.30. The van der Waals surface area contributed by atoms with Gasteiger partial charge in [0.25, 0.3) is 0 Å². The lowest BCUT2D eigenvalue weighted by Crippen LogP contribution is -2.30. The number of unbranched alkanes of at least 4 members (excludes halogenated alkanes) is 13. The lowest BCUT2D eigenvalue weighted by atomic mass is 10.1. The fraction of sp³-hybridized carbons (Fsp3) is 0.475. The van der Waals surface area contributed by atoms with Gasteiger partial charge in [0.05, 0.1) is 0 Å². The van der Waals surface area contributed by atoms with Crippen LogP contribution in [0.2, 0.25) is 0 Å². The van der Waals surface area contributed by atoms with E-state index in [-0.39, 0.29) is 44.0 Å². The molecular formula is C59H86O6. The van der Waals surface area contributed by atoms with Crippen LogP contribution in [-0.2, 0) is 28.6 Å². The van der Waals surface area contributed by atoms with Crippen LogP contribution in [0.15, 0.2) is 170 Å². The summed E-state index contributed by atoms with van der Waals surface area (Å²) >= 11 is 0. The van der Waals surface area contributed by atoms with Crippen molar-refractivity contribution in [1.82, 2.24) is 0 Å². The molecule has 0 heterocycles. The first-order chi connectivity index (χ1) is 32.0. The van der Waals surface area contributed by atoms with Gasteiger partial charge in [-0.05, 0) is 77.0 Å². The summed E-state index contributed by atoms with van der Waals surface area (Å²) in [7, 11) is 0. The van der Waals surface area contributed by atoms with Crippen LogP contribution in [0, 0.1) is 0 Å². The van der Waals surface area contributed by atoms with Gasteiger partial charge in [-0.2, -0.15) is 0 Å². The molecule has 6 nitrogen and oxygen atoms in total. The fourth-order valence-electron chi connectivity index (χ4n) is 5.90. The Balaban J connectivity index is 4.61. The molecule has 0 radical (unpaired) electrons. The first kappa shape index (κ1) is 59.8. The number of carbonyl (C=O) groups is 3. The molecule has 0 N–H and O–H groups in total. The first-order valence-corrected chi connectivity index (χ1v) is 24.8. The number of rotatable bonds is 41. The van der Waals surface area contributed by atoms with Crippen molar-refractivity contribution in [3.8, 4) is 0 Å². The van der Waals surface area contributed by atoms with Gasteiger partial charge in [0.2, 0.25) is 0 Å². The summed E-state index contributed by atoms with van der Waals surface area (Å²) in [4.78, 5) is 38.0. The molecule has 0 rings (SSSR count). The van der Waals surface area contributed by atoms with Crippen LogP contribution in [-0.4, -0.2) is 37.2 Å². The number of esters is 3. The molecule has 0 saturated heterocycles. The van der Waals surface area contributed by atoms with Crippen LogP contribution in [0.1, 0.15) is 162 Å². The average molecular weight is 891 g/mol. The molecule has 0 aromatic carbocycles. The van der Waals surface area contributed by atoms with Gasteiger partial charge >= 0.3 is 17.9 Å². The van der Waals surface area contributed by atoms with E-state index in [1.807, 2.05) is 103 Å². The summed E-state index contributed by atoms with van der Waals surface area (Å²) in [5.74, 6) is -1.03. The molecule has 0 amide bonds. The molecule has 0 saturated carbocycles. The predicted molar refractivity (Wildman–Crippen MR) is 278 cm³/mol. The molecule has 0 bridgehead atoms. The van der Waals surface area contributed by atoms with E-state index in [0.717, 1.165) is 116 Å². The molecule has 0 aromatic rings. The maximum atomic E-state index is 12.8. The van der Waals surface area contributed by atoms with Crippen LogP contribution < -0.4 is 0 Å². The summed E-state index contributed by atoms with van der Waals surface area (Å²) < 4.78 is 16.7. The highest BCUT2D eigenvalue weighted by Gasteiger charge is 2.19. The van der Waals surface area contributed by atoms with Gasteiger partial charge in [0, 0.05) is 19.3 Å². The van der Waals surface area contributed by atoms with E-state index in [0.29, 0.717) is 12.8 Å². The predicted octanol–water partition coefficient (Wildman–Crippen LogP) is 16.4. The molecule has 0 aromatic heterocycles. The highest BCUT2D eigenvalue weighted by atomic mass is 16.6. The van der Waals surface area contributed by atoms with Crippen LogP contribution in [0.4, 0.5) is 0 Å². The Kier molecular flexibility index (Phi) is 47.3. The summed E-state index contributed by atoms with van der Waals surface area (Å²) in [6, 6.07) is 0. The van der Waals surface area contributed by atoms with E-state index in [1.54, 1.807) is 0 Å². The van der Waals surface area contributed by atoms with Gasteiger partial charge in [0.1, 0.15) is 13.2 Å². The normalized spacial score (nSPS) is 13.6. The SMILES string of the molecule is CC\C=C/C=C\C=C/C=C\C=C\C=C/C=C\CCCCCC(=O)OCC(COC(=O)CCCCCCC\C=C/C=C\C=C/CC)OC(=O)CCCCCCC\C=C/C=C\C=C/C=C\CC. The molecular weight excluding hydrogens is 805 g/mol. The van der Waals surface area contributed by atoms with E-state index in [1.165, 1.54) is 0 Å². The maximum Gasteiger partial charge on any atom is 0.306 e. The minimum atomic E-state index is -0.827. The summed E-state index contributed by atoms with van der Waals surface area (Å²) in [6.45, 7) is 6.10. The van der Waals surface area contributed by atoms with Crippen molar-refractivity contribution in [2.75, 3.05) is 13.2 Å². The smallest absolute Gasteiger partial charge is 0.306 e. The largest absolute Gasteiger partial charge is 0.462 e. The Morgan fingerprint density at radius 2 is 0.554 bits per heavy atom. The van der Waals surface area contributed by atoms with Crippen molar-refractivity contribution >= 4 is 17.9 Å². The van der Waals surface area contributed by atoms with Gasteiger partial charge < -0.3 is 14.2 Å². The van der Waals surface area contributed by atoms with Gasteiger partial charge in [-0.1, -0.05) is 236 Å². The lowest BCUT2D eigenvalue weighted by molar-refractivity contribution is -0.167. The zero-order valence-corrected chi connectivity index (χ0v) is 40.7. The Bertz CT molecular complexity index is 1590. The Labute approximate surface area is 396 Å². The van der Waals surface area contributed by atoms with Crippen molar-refractivity contribution in [3.05, 3.63) is 170 Å². The van der Waals surface area contributed by atoms with E-state index < -0.39 is 6.10 Å². The topological polar surface area (TPSA) is 78.9 Å². The second kappa shape index (κ2) is 51.4. The van der Waals surface area contributed by atoms with Crippen molar-refractivity contribution in [1.29, 1.82) is 0 Å². The number of hydrogen-bond acceptors (Lipinski definition) is 6. The molecule has 0 aliphatic heterocycles. The van der Waals surface area contributed by atoms with E-state index >= 15 is 0 Å². The van der Waals surface area contributed by atoms with Crippen LogP contribution in [0.25, 0.3) is 0 Å². The van der Waals surface area contributed by atoms with E-state index in [2.05, 4.69) is 87.6 Å². The Morgan fingerprint density at radius 3 is 0.877 bits per heavy atom. The monoisotopic (exact) mass is 891 g/mol. The maximum absolute atomic E-state index is 12.8. The van der Waals surface area contributed by atoms with E-state index in [4.69, 9.17) is 14.2 Å². The molecule has 6 heteroatoms. The molecule has 0 spiro atoms. The highest BCUT2D eigenvalue weighted by Crippen LogP contribution is 2.12. The highest BCUT2D eigenvalue weighted by molar-refractivity contribution is 5.71. The van der Waals surface area contributed by atoms with Crippen molar-refractivity contribution < 1.29 is 28.6 Å². The van der Waals surface area contributed by atoms with Crippen LogP contribution in [0.3, 0.4) is 0 Å². The zero-order chi connectivity index (χ0) is 47.2. The summed E-state index contributed by atoms with van der Waals surface area (Å²) in [5.41, 5.74) is 0. The van der Waals surface area contributed by atoms with Gasteiger partial charge in [-0.25, -0.2) is 0 Å². The number of carbonyl (C=O) groups excluding carboxylic acids is 3. The Morgan fingerprint density at radius 1 is 0.308 bits per heavy atom. The minimum Gasteiger partial charge on any atom is -0.462 e. The third-order valence-electron chi connectivity index (χ3n) is 9.55. The van der Waals surface area contributed by atoms with Crippen molar-refractivity contribution in [2.24, 2.45) is 0 Å². The first-order valence-electron chi connectivity index (χ1n) is 24.8. The van der Waals surface area contributed by atoms with Crippen molar-refractivity contribution in [2.45, 2.75) is 168 Å². The minimum absolute atomic E-state index is 0.123. The number of ether oxygens (including phenoxy) is 3. The van der Waals surface area contributed by atoms with Gasteiger partial charge in [-0.15, -0.1) is 0 Å². The molecule has 0 aliphatic carbocycles. The molecule has 1 atom stereocenters. The molecule has 0 fully saturated rings. The molecule has 358 valence electrons. The molecule has 0 aliphatic rings. The standard InChI is InChI=1S/C59H86O6/c1-4-7-10-13-16-19-22-25-27-28-29-30-32-34-37-40-43-46-49-52-58(61)64-55-56(54-63-57(60)51-48-45-42-39-36-33-24-21-18-15-12-9-6-3)65-59(62)53-50-47-44-41-38-35-31-26-23-20-17-14-11-8-5-2/h7-32,34,37,56H,4-6,33,35-36,38-55H2,1-3H3/b10-7-,11-8-,12-9-,16-13-,17-14-,18-15-,22-19-,23-20-,24-21-,27-25-,29-28+,31-26-,32-30-,37-34-.